The van der Waals surface area contributed by atoms with Crippen LogP contribution in [0, 0.1) is 19.7 Å². The number of carbonyl (C=O) groups is 1. The van der Waals surface area contributed by atoms with Gasteiger partial charge in [0.05, 0.1) is 35.6 Å². The molecule has 0 spiro atoms. The van der Waals surface area contributed by atoms with Crippen molar-refractivity contribution in [3.63, 3.8) is 0 Å². The minimum absolute atomic E-state index is 0.0211. The van der Waals surface area contributed by atoms with E-state index in [9.17, 15) is 22.0 Å². The number of nitrogens with two attached hydrogens (primary N) is 1. The van der Waals surface area contributed by atoms with E-state index in [1.54, 1.807) is 36.4 Å². The van der Waals surface area contributed by atoms with E-state index in [1.807, 2.05) is 26.0 Å². The lowest BCUT2D eigenvalue weighted by atomic mass is 10.0. The molecule has 0 saturated carbocycles. The molecule has 4 aromatic rings. The Hall–Kier alpha value is -4.31. The van der Waals surface area contributed by atoms with Crippen molar-refractivity contribution in [3.8, 4) is 17.2 Å². The molecule has 212 valence electrons. The first-order chi connectivity index (χ1) is 19.6. The summed E-state index contributed by atoms with van der Waals surface area (Å²) in [4.78, 5) is 13.5. The number of para-hydroxylation sites is 1. The molecule has 5 rings (SSSR count). The monoisotopic (exact) mass is 577 g/mol. The minimum Gasteiger partial charge on any atom is -0.454 e. The Balaban J connectivity index is 1.34. The first kappa shape index (κ1) is 28.2. The Morgan fingerprint density at radius 1 is 1.10 bits per heavy atom. The van der Waals surface area contributed by atoms with Gasteiger partial charge in [0.1, 0.15) is 11.6 Å². The molecule has 1 aliphatic carbocycles. The number of anilines is 1. The molecule has 10 heteroatoms. The van der Waals surface area contributed by atoms with Gasteiger partial charge in [0.25, 0.3) is 0 Å². The van der Waals surface area contributed by atoms with Gasteiger partial charge in [0.2, 0.25) is 0 Å². The number of benzene rings is 3. The van der Waals surface area contributed by atoms with Crippen molar-refractivity contribution < 1.29 is 26.7 Å². The fourth-order valence-corrected chi connectivity index (χ4v) is 6.40. The molecule has 7 nitrogen and oxygen atoms in total. The number of nitrogens with zero attached hydrogens (tertiary/aromatic N) is 2. The van der Waals surface area contributed by atoms with E-state index >= 15 is 0 Å². The third kappa shape index (κ3) is 5.92. The largest absolute Gasteiger partial charge is 0.454 e. The molecule has 0 bridgehead atoms. The van der Waals surface area contributed by atoms with Crippen LogP contribution in [0.15, 0.2) is 66.4 Å². The van der Waals surface area contributed by atoms with Crippen LogP contribution in [0.5, 0.6) is 11.5 Å². The van der Waals surface area contributed by atoms with E-state index in [0.717, 1.165) is 22.3 Å². The molecule has 41 heavy (non-hydrogen) atoms. The zero-order valence-electron chi connectivity index (χ0n) is 22.7. The Morgan fingerprint density at radius 2 is 1.88 bits per heavy atom. The number of aryl methyl sites for hydroxylation is 2. The minimum atomic E-state index is -3.44. The Morgan fingerprint density at radius 3 is 2.61 bits per heavy atom. The van der Waals surface area contributed by atoms with Gasteiger partial charge in [-0.1, -0.05) is 24.3 Å². The number of allylic oxidation sites excluding steroid dienone is 1. The van der Waals surface area contributed by atoms with Crippen molar-refractivity contribution >= 4 is 27.5 Å². The first-order valence-corrected chi connectivity index (χ1v) is 14.9. The second-order valence-electron chi connectivity index (χ2n) is 10.1. The van der Waals surface area contributed by atoms with Gasteiger partial charge in [-0.05, 0) is 84.5 Å². The van der Waals surface area contributed by atoms with E-state index in [2.05, 4.69) is 5.10 Å². The molecular formula is C31H29F2N3O4S. The summed E-state index contributed by atoms with van der Waals surface area (Å²) in [5.74, 6) is -0.382. The molecule has 0 saturated heterocycles. The predicted octanol–water partition coefficient (Wildman–Crippen LogP) is 6.10. The molecule has 1 heterocycles. The molecule has 0 unspecified atom stereocenters. The molecule has 1 aliphatic rings. The standard InChI is InChI=1S/C31H29F2N3O4S/c1-19-12-21-14-23(15-22(21)16-24(19)18-41(38,39)11-5-10-32)30(37)26-17-35-36(31(26)34)28-9-8-25(13-20(28)2)40-29-7-4-3-6-27(29)33/h3-4,6-9,12-14,16-17H,5,10-11,15,18,34H2,1-2H3. The average molecular weight is 578 g/mol. The van der Waals surface area contributed by atoms with E-state index in [0.29, 0.717) is 29.0 Å². The zero-order valence-corrected chi connectivity index (χ0v) is 23.5. The van der Waals surface area contributed by atoms with Crippen LogP contribution >= 0.6 is 0 Å². The summed E-state index contributed by atoms with van der Waals surface area (Å²) in [6, 6.07) is 15.0. The molecule has 2 N–H and O–H groups in total. The quantitative estimate of drug-likeness (QED) is 0.229. The number of ketones is 1. The van der Waals surface area contributed by atoms with Crippen molar-refractivity contribution in [1.82, 2.24) is 9.78 Å². The van der Waals surface area contributed by atoms with E-state index in [1.165, 1.54) is 23.0 Å². The first-order valence-electron chi connectivity index (χ1n) is 13.1. The summed E-state index contributed by atoms with van der Waals surface area (Å²) in [5, 5.41) is 4.36. The fraction of sp³-hybridized carbons (Fsp3) is 0.226. The lowest BCUT2D eigenvalue weighted by Crippen LogP contribution is -2.11. The van der Waals surface area contributed by atoms with Crippen molar-refractivity contribution in [2.75, 3.05) is 18.2 Å². The highest BCUT2D eigenvalue weighted by Gasteiger charge is 2.26. The zero-order chi connectivity index (χ0) is 29.3. The van der Waals surface area contributed by atoms with E-state index in [4.69, 9.17) is 10.5 Å². The van der Waals surface area contributed by atoms with Crippen LogP contribution in [-0.4, -0.2) is 36.4 Å². The second-order valence-corrected chi connectivity index (χ2v) is 12.3. The Labute approximate surface area is 237 Å². The third-order valence-corrected chi connectivity index (χ3v) is 8.74. The molecule has 1 aromatic heterocycles. The number of ether oxygens (including phenoxy) is 1. The average Bonchev–Trinajstić information content (AvgIpc) is 3.51. The summed E-state index contributed by atoms with van der Waals surface area (Å²) >= 11 is 0. The van der Waals surface area contributed by atoms with Crippen molar-refractivity contribution in [2.24, 2.45) is 0 Å². The van der Waals surface area contributed by atoms with Crippen LogP contribution in [0.4, 0.5) is 14.6 Å². The number of hydrogen-bond acceptors (Lipinski definition) is 6. The SMILES string of the molecule is Cc1cc2c(cc1CS(=O)(=O)CCCF)CC(C(=O)c1cnn(-c3ccc(Oc4ccccc4F)cc3C)c1N)=C2. The van der Waals surface area contributed by atoms with Crippen LogP contribution in [0.1, 0.15) is 44.6 Å². The highest BCUT2D eigenvalue weighted by atomic mass is 32.2. The van der Waals surface area contributed by atoms with Crippen molar-refractivity contribution in [3.05, 3.63) is 106 Å². The van der Waals surface area contributed by atoms with Gasteiger partial charge >= 0.3 is 0 Å². The maximum atomic E-state index is 14.0. The number of sulfone groups is 1. The number of rotatable bonds is 10. The molecule has 0 atom stereocenters. The van der Waals surface area contributed by atoms with Crippen LogP contribution in [0.25, 0.3) is 11.8 Å². The third-order valence-electron chi connectivity index (χ3n) is 7.08. The van der Waals surface area contributed by atoms with Crippen LogP contribution in [-0.2, 0) is 22.0 Å². The number of carbonyl (C=O) groups excluding carboxylic acids is 1. The van der Waals surface area contributed by atoms with Gasteiger partial charge in [-0.2, -0.15) is 5.10 Å². The van der Waals surface area contributed by atoms with Crippen molar-refractivity contribution in [2.45, 2.75) is 32.4 Å². The summed E-state index contributed by atoms with van der Waals surface area (Å²) in [6.45, 7) is 2.98. The lowest BCUT2D eigenvalue weighted by molar-refractivity contribution is 0.103. The molecule has 0 fully saturated rings. The fourth-order valence-electron chi connectivity index (χ4n) is 4.92. The number of nitrogen functional groups attached to an aromatic ring is 1. The second kappa shape index (κ2) is 11.3. The van der Waals surface area contributed by atoms with Gasteiger partial charge in [0.15, 0.2) is 27.2 Å². The van der Waals surface area contributed by atoms with Crippen LogP contribution in [0.3, 0.4) is 0 Å². The molecule has 0 amide bonds. The number of alkyl halides is 1. The number of fused-ring (bicyclic) bond motifs is 1. The molecule has 3 aromatic carbocycles. The van der Waals surface area contributed by atoms with Gasteiger partial charge in [-0.15, -0.1) is 0 Å². The Kier molecular flexibility index (Phi) is 7.77. The highest BCUT2D eigenvalue weighted by molar-refractivity contribution is 7.90. The predicted molar refractivity (Wildman–Crippen MR) is 154 cm³/mol. The van der Waals surface area contributed by atoms with Gasteiger partial charge in [-0.3, -0.25) is 9.18 Å². The van der Waals surface area contributed by atoms with Gasteiger partial charge in [0, 0.05) is 12.0 Å². The maximum absolute atomic E-state index is 14.0. The number of Topliss-reactive ketones (excluding diaryl/α,β-unsaturated/α-hetero) is 1. The smallest absolute Gasteiger partial charge is 0.194 e. The topological polar surface area (TPSA) is 104 Å². The van der Waals surface area contributed by atoms with Gasteiger partial charge in [-0.25, -0.2) is 17.5 Å². The number of hydrogen-bond donors (Lipinski definition) is 1. The molecular weight excluding hydrogens is 548 g/mol. The molecule has 0 radical (unpaired) electrons. The van der Waals surface area contributed by atoms with E-state index in [-0.39, 0.29) is 40.8 Å². The Bertz CT molecular complexity index is 1800. The summed E-state index contributed by atoms with van der Waals surface area (Å²) in [7, 11) is -3.44. The van der Waals surface area contributed by atoms with Crippen molar-refractivity contribution in [1.29, 1.82) is 0 Å². The number of aromatic nitrogens is 2. The molecule has 0 aliphatic heterocycles. The van der Waals surface area contributed by atoms with Gasteiger partial charge < -0.3 is 10.5 Å². The van der Waals surface area contributed by atoms with Crippen LogP contribution in [0.2, 0.25) is 0 Å². The summed E-state index contributed by atoms with van der Waals surface area (Å²) in [5.41, 5.74) is 11.7. The maximum Gasteiger partial charge on any atom is 0.194 e. The van der Waals surface area contributed by atoms with E-state index < -0.39 is 22.3 Å². The summed E-state index contributed by atoms with van der Waals surface area (Å²) < 4.78 is 58.4. The summed E-state index contributed by atoms with van der Waals surface area (Å²) in [6.07, 6.45) is 3.53. The number of halogens is 2. The lowest BCUT2D eigenvalue weighted by Gasteiger charge is -2.12. The highest BCUT2D eigenvalue weighted by Crippen LogP contribution is 2.33. The normalized spacial score (nSPS) is 12.7. The van der Waals surface area contributed by atoms with Crippen LogP contribution < -0.4 is 10.5 Å².